The number of aromatic amines is 2. The topological polar surface area (TPSA) is 51.9 Å². The Hall–Kier alpha value is -1.55. The van der Waals surface area contributed by atoms with Crippen molar-refractivity contribution in [3.05, 3.63) is 45.4 Å². The Morgan fingerprint density at radius 2 is 2.28 bits per heavy atom. The fourth-order valence-electron chi connectivity index (χ4n) is 2.29. The van der Waals surface area contributed by atoms with E-state index in [1.54, 1.807) is 0 Å². The Bertz CT molecular complexity index is 507. The van der Waals surface area contributed by atoms with Crippen LogP contribution in [0.3, 0.4) is 0 Å². The lowest BCUT2D eigenvalue weighted by molar-refractivity contribution is 0.274. The summed E-state index contributed by atoms with van der Waals surface area (Å²) in [4.78, 5) is 13.8. The van der Waals surface area contributed by atoms with Gasteiger partial charge in [0.25, 0.3) is 5.56 Å². The summed E-state index contributed by atoms with van der Waals surface area (Å²) in [5, 5.41) is 5.64. The molecule has 4 heteroatoms. The van der Waals surface area contributed by atoms with E-state index in [0.717, 1.165) is 43.7 Å². The first-order valence-corrected chi connectivity index (χ1v) is 6.57. The van der Waals surface area contributed by atoms with Crippen molar-refractivity contribution < 1.29 is 0 Å². The van der Waals surface area contributed by atoms with Crippen LogP contribution < -0.4 is 5.56 Å². The largest absolute Gasteiger partial charge is 0.301 e. The van der Waals surface area contributed by atoms with Crippen LogP contribution >= 0.6 is 0 Å². The molecule has 0 saturated carbocycles. The summed E-state index contributed by atoms with van der Waals surface area (Å²) in [6.07, 6.45) is 8.43. The number of allylic oxidation sites excluding steroid dienone is 2. The Labute approximate surface area is 107 Å². The number of fused-ring (bicyclic) bond motifs is 1. The van der Waals surface area contributed by atoms with Gasteiger partial charge in [0, 0.05) is 25.2 Å². The molecular formula is C14H21N3O. The highest BCUT2D eigenvalue weighted by Crippen LogP contribution is 2.14. The van der Waals surface area contributed by atoms with Gasteiger partial charge >= 0.3 is 0 Å². The number of hydrogen-bond donors (Lipinski definition) is 2. The second-order valence-corrected chi connectivity index (χ2v) is 4.67. The number of aromatic nitrogens is 2. The summed E-state index contributed by atoms with van der Waals surface area (Å²) in [7, 11) is 0. The van der Waals surface area contributed by atoms with Gasteiger partial charge < -0.3 is 5.10 Å². The Morgan fingerprint density at radius 1 is 1.44 bits per heavy atom. The standard InChI is InChI=1S/C14H21N3O/c1-3-5-6-11(4-2)9-17-8-7-12-13(10-17)15-16-14(12)18/h4-6H,3,7-10H2,1-2H3,(H2,15,16,18)/b6-5-,11-4+. The van der Waals surface area contributed by atoms with Gasteiger partial charge in [0.05, 0.1) is 5.69 Å². The molecule has 0 radical (unpaired) electrons. The zero-order valence-corrected chi connectivity index (χ0v) is 11.1. The molecule has 1 aliphatic rings. The fraction of sp³-hybridized carbons (Fsp3) is 0.500. The van der Waals surface area contributed by atoms with Crippen LogP contribution in [-0.2, 0) is 13.0 Å². The van der Waals surface area contributed by atoms with Crippen LogP contribution in [0.25, 0.3) is 0 Å². The van der Waals surface area contributed by atoms with Crippen molar-refractivity contribution in [2.75, 3.05) is 13.1 Å². The predicted molar refractivity (Wildman–Crippen MR) is 73.6 cm³/mol. The minimum Gasteiger partial charge on any atom is -0.301 e. The molecule has 2 N–H and O–H groups in total. The molecule has 1 aliphatic heterocycles. The molecule has 1 aromatic heterocycles. The van der Waals surface area contributed by atoms with Crippen LogP contribution in [0.2, 0.25) is 0 Å². The molecule has 0 bridgehead atoms. The van der Waals surface area contributed by atoms with Crippen molar-refractivity contribution in [3.63, 3.8) is 0 Å². The summed E-state index contributed by atoms with van der Waals surface area (Å²) in [6, 6.07) is 0. The minimum absolute atomic E-state index is 0.0433. The van der Waals surface area contributed by atoms with Crippen molar-refractivity contribution >= 4 is 0 Å². The van der Waals surface area contributed by atoms with Gasteiger partial charge in [-0.25, -0.2) is 0 Å². The summed E-state index contributed by atoms with van der Waals surface area (Å²) in [5.74, 6) is 0. The quantitative estimate of drug-likeness (QED) is 0.799. The average molecular weight is 247 g/mol. The first-order valence-electron chi connectivity index (χ1n) is 6.57. The molecule has 2 rings (SSSR count). The smallest absolute Gasteiger partial charge is 0.267 e. The minimum atomic E-state index is 0.0433. The number of nitrogens with one attached hydrogen (secondary N) is 2. The maximum atomic E-state index is 11.5. The summed E-state index contributed by atoms with van der Waals surface area (Å²) < 4.78 is 0. The molecule has 0 atom stereocenters. The van der Waals surface area contributed by atoms with Crippen LogP contribution in [0.1, 0.15) is 31.5 Å². The van der Waals surface area contributed by atoms with Crippen LogP contribution in [0.15, 0.2) is 28.6 Å². The molecule has 4 nitrogen and oxygen atoms in total. The van der Waals surface area contributed by atoms with Gasteiger partial charge in [0.2, 0.25) is 0 Å². The lowest BCUT2D eigenvalue weighted by Gasteiger charge is -2.26. The SMILES string of the molecule is C/C=C(\C=C/CC)CN1CCc2c([nH][nH]c2=O)C1. The van der Waals surface area contributed by atoms with E-state index in [1.165, 1.54) is 5.57 Å². The fourth-order valence-corrected chi connectivity index (χ4v) is 2.29. The molecular weight excluding hydrogens is 226 g/mol. The third-order valence-corrected chi connectivity index (χ3v) is 3.37. The zero-order chi connectivity index (χ0) is 13.0. The highest BCUT2D eigenvalue weighted by Gasteiger charge is 2.20. The third-order valence-electron chi connectivity index (χ3n) is 3.37. The second-order valence-electron chi connectivity index (χ2n) is 4.67. The van der Waals surface area contributed by atoms with Crippen LogP contribution in [0.5, 0.6) is 0 Å². The van der Waals surface area contributed by atoms with Crippen molar-refractivity contribution in [2.24, 2.45) is 0 Å². The van der Waals surface area contributed by atoms with Gasteiger partial charge in [0.1, 0.15) is 0 Å². The molecule has 2 heterocycles. The average Bonchev–Trinajstić information content (AvgIpc) is 2.76. The Kier molecular flexibility index (Phi) is 4.20. The highest BCUT2D eigenvalue weighted by molar-refractivity contribution is 5.23. The predicted octanol–water partition coefficient (Wildman–Crippen LogP) is 1.97. The maximum Gasteiger partial charge on any atom is 0.267 e. The van der Waals surface area contributed by atoms with Gasteiger partial charge in [-0.2, -0.15) is 0 Å². The molecule has 0 saturated heterocycles. The number of nitrogens with zero attached hydrogens (tertiary/aromatic N) is 1. The van der Waals surface area contributed by atoms with Crippen LogP contribution in [-0.4, -0.2) is 28.2 Å². The molecule has 98 valence electrons. The second kappa shape index (κ2) is 5.87. The Morgan fingerprint density at radius 3 is 3.00 bits per heavy atom. The summed E-state index contributed by atoms with van der Waals surface area (Å²) >= 11 is 0. The van der Waals surface area contributed by atoms with Gasteiger partial charge in [-0.05, 0) is 25.3 Å². The molecule has 0 fully saturated rings. The van der Waals surface area contributed by atoms with Crippen molar-refractivity contribution in [2.45, 2.75) is 33.2 Å². The Balaban J connectivity index is 2.01. The maximum absolute atomic E-state index is 11.5. The third kappa shape index (κ3) is 2.82. The number of H-pyrrole nitrogens is 2. The first kappa shape index (κ1) is 12.9. The zero-order valence-electron chi connectivity index (χ0n) is 11.1. The van der Waals surface area contributed by atoms with Gasteiger partial charge in [-0.3, -0.25) is 14.8 Å². The van der Waals surface area contributed by atoms with Crippen molar-refractivity contribution in [1.82, 2.24) is 15.1 Å². The lowest BCUT2D eigenvalue weighted by Crippen LogP contribution is -2.33. The van der Waals surface area contributed by atoms with E-state index in [-0.39, 0.29) is 5.56 Å². The monoisotopic (exact) mass is 247 g/mol. The molecule has 0 amide bonds. The van der Waals surface area contributed by atoms with E-state index >= 15 is 0 Å². The van der Waals surface area contributed by atoms with E-state index in [1.807, 2.05) is 0 Å². The summed E-state index contributed by atoms with van der Waals surface area (Å²) in [5.41, 5.74) is 3.35. The number of hydrogen-bond acceptors (Lipinski definition) is 2. The van der Waals surface area contributed by atoms with Gasteiger partial charge in [-0.15, -0.1) is 0 Å². The van der Waals surface area contributed by atoms with E-state index in [0.29, 0.717) is 0 Å². The number of rotatable bonds is 4. The molecule has 18 heavy (non-hydrogen) atoms. The van der Waals surface area contributed by atoms with E-state index in [4.69, 9.17) is 0 Å². The van der Waals surface area contributed by atoms with Crippen molar-refractivity contribution in [3.8, 4) is 0 Å². The molecule has 0 aliphatic carbocycles. The molecule has 0 aromatic carbocycles. The normalized spacial score (nSPS) is 17.3. The van der Waals surface area contributed by atoms with E-state index in [9.17, 15) is 4.79 Å². The molecule has 1 aromatic rings. The van der Waals surface area contributed by atoms with E-state index < -0.39 is 0 Å². The van der Waals surface area contributed by atoms with Crippen LogP contribution in [0.4, 0.5) is 0 Å². The van der Waals surface area contributed by atoms with Crippen molar-refractivity contribution in [1.29, 1.82) is 0 Å². The molecule has 0 spiro atoms. The summed E-state index contributed by atoms with van der Waals surface area (Å²) in [6.45, 7) is 6.93. The van der Waals surface area contributed by atoms with E-state index in [2.05, 4.69) is 47.2 Å². The molecule has 0 unspecified atom stereocenters. The van der Waals surface area contributed by atoms with Gasteiger partial charge in [0.15, 0.2) is 0 Å². The first-order chi connectivity index (χ1) is 8.74. The van der Waals surface area contributed by atoms with Gasteiger partial charge in [-0.1, -0.05) is 25.2 Å². The van der Waals surface area contributed by atoms with Crippen LogP contribution in [0, 0.1) is 0 Å². The lowest BCUT2D eigenvalue weighted by atomic mass is 10.1. The highest BCUT2D eigenvalue weighted by atomic mass is 16.1.